The Morgan fingerprint density at radius 3 is 2.71 bits per heavy atom. The number of hydrogen-bond donors (Lipinski definition) is 2. The summed E-state index contributed by atoms with van der Waals surface area (Å²) in [7, 11) is 4.21. The first-order valence-electron chi connectivity index (χ1n) is 7.62. The zero-order chi connectivity index (χ0) is 15.4. The molecule has 1 aliphatic rings. The molecule has 21 heavy (non-hydrogen) atoms. The van der Waals surface area contributed by atoms with Crippen molar-refractivity contribution in [2.75, 3.05) is 44.4 Å². The summed E-state index contributed by atoms with van der Waals surface area (Å²) in [5.74, 6) is -0.0349. The molecule has 0 spiro atoms. The Morgan fingerprint density at radius 2 is 2.10 bits per heavy atom. The van der Waals surface area contributed by atoms with Crippen LogP contribution in [0, 0.1) is 0 Å². The van der Waals surface area contributed by atoms with Gasteiger partial charge in [-0.25, -0.2) is 0 Å². The summed E-state index contributed by atoms with van der Waals surface area (Å²) >= 11 is 0. The zero-order valence-electron chi connectivity index (χ0n) is 13.2. The van der Waals surface area contributed by atoms with Crippen molar-refractivity contribution in [3.63, 3.8) is 0 Å². The Hall–Kier alpha value is -1.75. The minimum atomic E-state index is -0.0349. The van der Waals surface area contributed by atoms with E-state index in [1.54, 1.807) is 6.07 Å². The second-order valence-electron chi connectivity index (χ2n) is 5.78. The molecule has 2 rings (SSSR count). The Balaban J connectivity index is 2.24. The molecule has 1 aromatic carbocycles. The van der Waals surface area contributed by atoms with E-state index >= 15 is 0 Å². The summed E-state index contributed by atoms with van der Waals surface area (Å²) in [6.07, 6.45) is 2.22. The SMILES string of the molecule is CCNC(=O)c1ccc(N)cc1N(C)C1CCN(C)CC1. The van der Waals surface area contributed by atoms with Crippen LogP contribution in [-0.2, 0) is 0 Å². The maximum absolute atomic E-state index is 12.2. The first-order chi connectivity index (χ1) is 10.0. The van der Waals surface area contributed by atoms with Crippen LogP contribution in [-0.4, -0.2) is 50.6 Å². The molecule has 0 atom stereocenters. The van der Waals surface area contributed by atoms with E-state index in [4.69, 9.17) is 5.73 Å². The summed E-state index contributed by atoms with van der Waals surface area (Å²) in [4.78, 5) is 16.8. The summed E-state index contributed by atoms with van der Waals surface area (Å²) < 4.78 is 0. The van der Waals surface area contributed by atoms with Gasteiger partial charge in [0.1, 0.15) is 0 Å². The van der Waals surface area contributed by atoms with Gasteiger partial charge in [-0.15, -0.1) is 0 Å². The van der Waals surface area contributed by atoms with Crippen molar-refractivity contribution >= 4 is 17.3 Å². The predicted octanol–water partition coefficient (Wildman–Crippen LogP) is 1.55. The van der Waals surface area contributed by atoms with Crippen molar-refractivity contribution in [1.29, 1.82) is 0 Å². The van der Waals surface area contributed by atoms with Crippen LogP contribution in [0.4, 0.5) is 11.4 Å². The fraction of sp³-hybridized carbons (Fsp3) is 0.562. The lowest BCUT2D eigenvalue weighted by molar-refractivity contribution is 0.0956. The van der Waals surface area contributed by atoms with E-state index in [1.807, 2.05) is 19.1 Å². The molecule has 1 aromatic rings. The molecule has 1 saturated heterocycles. The molecule has 1 amide bonds. The third-order valence-electron chi connectivity index (χ3n) is 4.22. The van der Waals surface area contributed by atoms with Gasteiger partial charge in [-0.3, -0.25) is 4.79 Å². The van der Waals surface area contributed by atoms with Crippen molar-refractivity contribution in [3.05, 3.63) is 23.8 Å². The quantitative estimate of drug-likeness (QED) is 0.826. The molecular weight excluding hydrogens is 264 g/mol. The zero-order valence-corrected chi connectivity index (χ0v) is 13.2. The lowest BCUT2D eigenvalue weighted by Crippen LogP contribution is -2.42. The number of likely N-dealkylation sites (tertiary alicyclic amines) is 1. The van der Waals surface area contributed by atoms with Crippen molar-refractivity contribution in [2.45, 2.75) is 25.8 Å². The fourth-order valence-electron chi connectivity index (χ4n) is 2.87. The topological polar surface area (TPSA) is 61.6 Å². The number of hydrogen-bond acceptors (Lipinski definition) is 4. The minimum Gasteiger partial charge on any atom is -0.399 e. The summed E-state index contributed by atoms with van der Waals surface area (Å²) in [6, 6.07) is 5.97. The molecule has 1 aliphatic heterocycles. The number of benzene rings is 1. The van der Waals surface area contributed by atoms with Gasteiger partial charge in [0, 0.05) is 25.3 Å². The number of carbonyl (C=O) groups is 1. The number of nitrogen functional groups attached to an aromatic ring is 1. The highest BCUT2D eigenvalue weighted by Crippen LogP contribution is 2.27. The maximum Gasteiger partial charge on any atom is 0.253 e. The average molecular weight is 290 g/mol. The first kappa shape index (κ1) is 15.6. The van der Waals surface area contributed by atoms with Crippen LogP contribution in [0.5, 0.6) is 0 Å². The Morgan fingerprint density at radius 1 is 1.43 bits per heavy atom. The van der Waals surface area contributed by atoms with Crippen molar-refractivity contribution < 1.29 is 4.79 Å². The highest BCUT2D eigenvalue weighted by Gasteiger charge is 2.24. The van der Waals surface area contributed by atoms with E-state index in [0.717, 1.165) is 31.6 Å². The highest BCUT2D eigenvalue weighted by atomic mass is 16.1. The van der Waals surface area contributed by atoms with Crippen molar-refractivity contribution in [1.82, 2.24) is 10.2 Å². The van der Waals surface area contributed by atoms with Gasteiger partial charge in [-0.2, -0.15) is 0 Å². The second kappa shape index (κ2) is 6.80. The summed E-state index contributed by atoms with van der Waals surface area (Å²) in [6.45, 7) is 4.73. The largest absolute Gasteiger partial charge is 0.399 e. The number of nitrogens with one attached hydrogen (secondary N) is 1. The molecule has 5 heteroatoms. The van der Waals surface area contributed by atoms with Gasteiger partial charge in [0.25, 0.3) is 5.91 Å². The second-order valence-corrected chi connectivity index (χ2v) is 5.78. The van der Waals surface area contributed by atoms with Gasteiger partial charge in [0.15, 0.2) is 0 Å². The predicted molar refractivity (Wildman–Crippen MR) is 87.8 cm³/mol. The van der Waals surface area contributed by atoms with Crippen LogP contribution < -0.4 is 16.0 Å². The normalized spacial score (nSPS) is 16.7. The molecule has 1 fully saturated rings. The fourth-order valence-corrected chi connectivity index (χ4v) is 2.87. The number of amides is 1. The molecule has 0 saturated carbocycles. The minimum absolute atomic E-state index is 0.0349. The number of anilines is 2. The van der Waals surface area contributed by atoms with Gasteiger partial charge in [0.05, 0.1) is 11.3 Å². The molecule has 0 unspecified atom stereocenters. The Bertz CT molecular complexity index is 495. The molecule has 3 N–H and O–H groups in total. The van der Waals surface area contributed by atoms with Crippen LogP contribution in [0.2, 0.25) is 0 Å². The van der Waals surface area contributed by atoms with Gasteiger partial charge in [-0.05, 0) is 58.1 Å². The van der Waals surface area contributed by atoms with E-state index in [0.29, 0.717) is 23.8 Å². The number of rotatable bonds is 4. The molecular formula is C16H26N4O. The number of piperidine rings is 1. The van der Waals surface area contributed by atoms with E-state index in [-0.39, 0.29) is 5.91 Å². The van der Waals surface area contributed by atoms with Crippen LogP contribution >= 0.6 is 0 Å². The molecule has 1 heterocycles. The lowest BCUT2D eigenvalue weighted by atomic mass is 10.0. The third-order valence-corrected chi connectivity index (χ3v) is 4.22. The third kappa shape index (κ3) is 3.67. The smallest absolute Gasteiger partial charge is 0.253 e. The van der Waals surface area contributed by atoms with E-state index < -0.39 is 0 Å². The van der Waals surface area contributed by atoms with Crippen LogP contribution in [0.1, 0.15) is 30.1 Å². The Labute approximate surface area is 127 Å². The van der Waals surface area contributed by atoms with Gasteiger partial charge < -0.3 is 20.9 Å². The molecule has 0 aromatic heterocycles. The summed E-state index contributed by atoms with van der Waals surface area (Å²) in [5, 5.41) is 2.87. The van der Waals surface area contributed by atoms with Crippen LogP contribution in [0.25, 0.3) is 0 Å². The lowest BCUT2D eigenvalue weighted by Gasteiger charge is -2.37. The highest BCUT2D eigenvalue weighted by molar-refractivity contribution is 6.00. The molecule has 0 radical (unpaired) electrons. The van der Waals surface area contributed by atoms with Crippen molar-refractivity contribution in [3.8, 4) is 0 Å². The number of nitrogens with zero attached hydrogens (tertiary/aromatic N) is 2. The molecule has 0 aliphatic carbocycles. The van der Waals surface area contributed by atoms with Crippen molar-refractivity contribution in [2.24, 2.45) is 0 Å². The monoisotopic (exact) mass is 290 g/mol. The molecule has 5 nitrogen and oxygen atoms in total. The van der Waals surface area contributed by atoms with E-state index in [9.17, 15) is 4.79 Å². The molecule has 116 valence electrons. The van der Waals surface area contributed by atoms with Gasteiger partial charge in [-0.1, -0.05) is 0 Å². The number of carbonyl (C=O) groups excluding carboxylic acids is 1. The van der Waals surface area contributed by atoms with Crippen LogP contribution in [0.3, 0.4) is 0 Å². The van der Waals surface area contributed by atoms with Gasteiger partial charge >= 0.3 is 0 Å². The number of nitrogens with two attached hydrogens (primary N) is 1. The average Bonchev–Trinajstić information content (AvgIpc) is 2.47. The van der Waals surface area contributed by atoms with E-state index in [1.165, 1.54) is 0 Å². The summed E-state index contributed by atoms with van der Waals surface area (Å²) in [5.41, 5.74) is 8.24. The first-order valence-corrected chi connectivity index (χ1v) is 7.62. The molecule has 0 bridgehead atoms. The standard InChI is InChI=1S/C16H26N4O/c1-4-18-16(21)14-6-5-12(17)11-15(14)20(3)13-7-9-19(2)10-8-13/h5-6,11,13H,4,7-10,17H2,1-3H3,(H,18,21). The van der Waals surface area contributed by atoms with E-state index in [2.05, 4.69) is 29.2 Å². The van der Waals surface area contributed by atoms with Gasteiger partial charge in [0.2, 0.25) is 0 Å². The Kier molecular flexibility index (Phi) is 5.07. The van der Waals surface area contributed by atoms with Crippen LogP contribution in [0.15, 0.2) is 18.2 Å². The maximum atomic E-state index is 12.2.